The molecule has 0 aliphatic carbocycles. The Morgan fingerprint density at radius 3 is 2.36 bits per heavy atom. The van der Waals surface area contributed by atoms with Crippen LogP contribution in [0.4, 0.5) is 15.8 Å². The molecule has 39 heavy (non-hydrogen) atoms. The summed E-state index contributed by atoms with van der Waals surface area (Å²) in [5, 5.41) is 6.47. The van der Waals surface area contributed by atoms with Crippen LogP contribution in [-0.2, 0) is 16.1 Å². The van der Waals surface area contributed by atoms with E-state index in [9.17, 15) is 18.8 Å². The number of hydrogen-bond donors (Lipinski definition) is 2. The Kier molecular flexibility index (Phi) is 8.14. The number of carbonyl (C=O) groups excluding carboxylic acids is 3. The Morgan fingerprint density at radius 1 is 0.897 bits per heavy atom. The molecule has 4 aromatic rings. The standard InChI is InChI=1S/C31H32FN3O4/c1-5-39-30(38)20-10-8-11-23(15-20)34-29(37)27-17-22-16-24(33-28(36)18-31(2,3)4)13-14-26(22)35(27)19-21-9-6-7-12-25(21)32/h6-17H,5,18-19H2,1-4H3,(H,33,36)(H,34,37). The molecule has 0 bridgehead atoms. The van der Waals surface area contributed by atoms with Gasteiger partial charge in [-0.1, -0.05) is 45.0 Å². The maximum Gasteiger partial charge on any atom is 0.338 e. The van der Waals surface area contributed by atoms with Gasteiger partial charge in [-0.2, -0.15) is 0 Å². The van der Waals surface area contributed by atoms with Gasteiger partial charge in [-0.25, -0.2) is 9.18 Å². The van der Waals surface area contributed by atoms with E-state index in [1.807, 2.05) is 20.8 Å². The summed E-state index contributed by atoms with van der Waals surface area (Å²) in [6.07, 6.45) is 0.359. The summed E-state index contributed by atoms with van der Waals surface area (Å²) in [6.45, 7) is 8.06. The summed E-state index contributed by atoms with van der Waals surface area (Å²) >= 11 is 0. The second-order valence-electron chi connectivity index (χ2n) is 10.5. The first-order valence-electron chi connectivity index (χ1n) is 12.8. The van der Waals surface area contributed by atoms with E-state index >= 15 is 0 Å². The van der Waals surface area contributed by atoms with E-state index in [4.69, 9.17) is 4.74 Å². The van der Waals surface area contributed by atoms with Gasteiger partial charge in [-0.15, -0.1) is 0 Å². The third-order valence-corrected chi connectivity index (χ3v) is 6.03. The molecular weight excluding hydrogens is 497 g/mol. The zero-order valence-corrected chi connectivity index (χ0v) is 22.5. The van der Waals surface area contributed by atoms with Crippen LogP contribution in [0.5, 0.6) is 0 Å². The van der Waals surface area contributed by atoms with Crippen molar-refractivity contribution in [3.05, 3.63) is 95.4 Å². The van der Waals surface area contributed by atoms with E-state index < -0.39 is 11.9 Å². The van der Waals surface area contributed by atoms with Gasteiger partial charge >= 0.3 is 5.97 Å². The van der Waals surface area contributed by atoms with Gasteiger partial charge in [-0.3, -0.25) is 9.59 Å². The van der Waals surface area contributed by atoms with Crippen molar-refractivity contribution in [3.8, 4) is 0 Å². The molecule has 0 saturated heterocycles. The molecule has 8 heteroatoms. The van der Waals surface area contributed by atoms with Crippen LogP contribution in [0, 0.1) is 11.2 Å². The van der Waals surface area contributed by atoms with Gasteiger partial charge in [0, 0.05) is 34.3 Å². The molecule has 3 aromatic carbocycles. The zero-order valence-electron chi connectivity index (χ0n) is 22.5. The molecule has 0 atom stereocenters. The molecule has 4 rings (SSSR count). The highest BCUT2D eigenvalue weighted by Crippen LogP contribution is 2.27. The van der Waals surface area contributed by atoms with Crippen LogP contribution < -0.4 is 10.6 Å². The van der Waals surface area contributed by atoms with E-state index in [1.165, 1.54) is 6.07 Å². The minimum Gasteiger partial charge on any atom is -0.462 e. The number of nitrogens with zero attached hydrogens (tertiary/aromatic N) is 1. The van der Waals surface area contributed by atoms with Crippen molar-refractivity contribution in [1.29, 1.82) is 0 Å². The molecule has 0 radical (unpaired) electrons. The van der Waals surface area contributed by atoms with Gasteiger partial charge in [0.2, 0.25) is 5.91 Å². The van der Waals surface area contributed by atoms with Crippen LogP contribution in [0.25, 0.3) is 10.9 Å². The second kappa shape index (κ2) is 11.5. The number of amides is 2. The molecule has 0 saturated carbocycles. The minimum absolute atomic E-state index is 0.105. The summed E-state index contributed by atoms with van der Waals surface area (Å²) in [4.78, 5) is 38.1. The number of esters is 1. The van der Waals surface area contributed by atoms with Crippen molar-refractivity contribution in [2.75, 3.05) is 17.2 Å². The minimum atomic E-state index is -0.483. The number of ether oxygens (including phenoxy) is 1. The first-order valence-corrected chi connectivity index (χ1v) is 12.8. The molecule has 1 heterocycles. The molecule has 0 fully saturated rings. The van der Waals surface area contributed by atoms with Crippen LogP contribution in [-0.4, -0.2) is 29.0 Å². The Hall–Kier alpha value is -4.46. The maximum atomic E-state index is 14.6. The van der Waals surface area contributed by atoms with E-state index in [-0.39, 0.29) is 30.3 Å². The number of halogens is 1. The highest BCUT2D eigenvalue weighted by molar-refractivity contribution is 6.07. The van der Waals surface area contributed by atoms with E-state index in [1.54, 1.807) is 78.2 Å². The lowest BCUT2D eigenvalue weighted by Gasteiger charge is -2.17. The number of hydrogen-bond acceptors (Lipinski definition) is 4. The van der Waals surface area contributed by atoms with Crippen LogP contribution in [0.2, 0.25) is 0 Å². The number of carbonyl (C=O) groups is 3. The largest absolute Gasteiger partial charge is 0.462 e. The molecule has 7 nitrogen and oxygen atoms in total. The molecule has 1 aromatic heterocycles. The third kappa shape index (κ3) is 6.90. The van der Waals surface area contributed by atoms with Gasteiger partial charge in [0.05, 0.1) is 18.7 Å². The Bertz CT molecular complexity index is 1530. The summed E-state index contributed by atoms with van der Waals surface area (Å²) in [5.41, 5.74) is 2.61. The number of aromatic nitrogens is 1. The molecule has 0 aliphatic rings. The predicted octanol–water partition coefficient (Wildman–Crippen LogP) is 6.63. The van der Waals surface area contributed by atoms with Crippen LogP contribution in [0.3, 0.4) is 0 Å². The topological polar surface area (TPSA) is 89.4 Å². The molecule has 2 N–H and O–H groups in total. The highest BCUT2D eigenvalue weighted by Gasteiger charge is 2.20. The quantitative estimate of drug-likeness (QED) is 0.251. The Morgan fingerprint density at radius 2 is 1.64 bits per heavy atom. The van der Waals surface area contributed by atoms with E-state index in [2.05, 4.69) is 10.6 Å². The molecule has 0 spiro atoms. The summed E-state index contributed by atoms with van der Waals surface area (Å²) in [6, 6.07) is 20.0. The molecule has 0 aliphatic heterocycles. The van der Waals surface area contributed by atoms with Gasteiger partial charge in [0.25, 0.3) is 5.91 Å². The number of benzene rings is 3. The van der Waals surface area contributed by atoms with Gasteiger partial charge in [0.15, 0.2) is 0 Å². The average Bonchev–Trinajstić information content (AvgIpc) is 3.22. The van der Waals surface area contributed by atoms with Crippen molar-refractivity contribution in [2.24, 2.45) is 5.41 Å². The maximum absolute atomic E-state index is 14.6. The second-order valence-corrected chi connectivity index (χ2v) is 10.5. The van der Waals surface area contributed by atoms with Crippen LogP contribution >= 0.6 is 0 Å². The lowest BCUT2D eigenvalue weighted by molar-refractivity contribution is -0.117. The predicted molar refractivity (Wildman–Crippen MR) is 150 cm³/mol. The van der Waals surface area contributed by atoms with Gasteiger partial charge in [0.1, 0.15) is 11.5 Å². The molecular formula is C31H32FN3O4. The fourth-order valence-electron chi connectivity index (χ4n) is 4.32. The first-order chi connectivity index (χ1) is 18.5. The first kappa shape index (κ1) is 27.6. The fourth-order valence-corrected chi connectivity index (χ4v) is 4.32. The van der Waals surface area contributed by atoms with Crippen molar-refractivity contribution in [1.82, 2.24) is 4.57 Å². The van der Waals surface area contributed by atoms with Gasteiger partial charge < -0.3 is 19.9 Å². The fraction of sp³-hybridized carbons (Fsp3) is 0.258. The summed E-state index contributed by atoms with van der Waals surface area (Å²) in [7, 11) is 0. The Labute approximate surface area is 227 Å². The number of rotatable bonds is 8. The van der Waals surface area contributed by atoms with Crippen LogP contribution in [0.1, 0.15) is 60.5 Å². The van der Waals surface area contributed by atoms with Crippen molar-refractivity contribution < 1.29 is 23.5 Å². The number of anilines is 2. The van der Waals surface area contributed by atoms with Crippen molar-refractivity contribution >= 4 is 40.1 Å². The lowest BCUT2D eigenvalue weighted by atomic mass is 9.92. The average molecular weight is 530 g/mol. The van der Waals surface area contributed by atoms with Crippen LogP contribution in [0.15, 0.2) is 72.8 Å². The third-order valence-electron chi connectivity index (χ3n) is 6.03. The summed E-state index contributed by atoms with van der Waals surface area (Å²) in [5.74, 6) is -1.39. The smallest absolute Gasteiger partial charge is 0.338 e. The summed E-state index contributed by atoms with van der Waals surface area (Å²) < 4.78 is 21.4. The van der Waals surface area contributed by atoms with E-state index in [0.717, 1.165) is 0 Å². The van der Waals surface area contributed by atoms with Crippen molar-refractivity contribution in [2.45, 2.75) is 40.7 Å². The molecule has 0 unspecified atom stereocenters. The zero-order chi connectivity index (χ0) is 28.2. The van der Waals surface area contributed by atoms with Crippen molar-refractivity contribution in [3.63, 3.8) is 0 Å². The number of nitrogens with one attached hydrogen (secondary N) is 2. The number of fused-ring (bicyclic) bond motifs is 1. The molecule has 202 valence electrons. The lowest BCUT2D eigenvalue weighted by Crippen LogP contribution is -2.19. The monoisotopic (exact) mass is 529 g/mol. The van der Waals surface area contributed by atoms with E-state index in [0.29, 0.717) is 45.5 Å². The normalized spacial score (nSPS) is 11.3. The highest BCUT2D eigenvalue weighted by atomic mass is 19.1. The Balaban J connectivity index is 1.69. The van der Waals surface area contributed by atoms with Gasteiger partial charge in [-0.05, 0) is 60.9 Å². The SMILES string of the molecule is CCOC(=O)c1cccc(NC(=O)c2cc3cc(NC(=O)CC(C)(C)C)ccc3n2Cc2ccccc2F)c1. The molecule has 2 amide bonds.